The molecule has 0 spiro atoms. The summed E-state index contributed by atoms with van der Waals surface area (Å²) < 4.78 is 29.3. The Hall–Kier alpha value is -1.69. The molecule has 0 amide bonds. The number of nitrogens with zero attached hydrogens (tertiary/aromatic N) is 2. The Bertz CT molecular complexity index is 797. The van der Waals surface area contributed by atoms with E-state index < -0.39 is 10.2 Å². The minimum atomic E-state index is -3.40. The molecule has 0 unspecified atom stereocenters. The maximum absolute atomic E-state index is 13.0. The number of hydrogen-bond acceptors (Lipinski definition) is 2. The van der Waals surface area contributed by atoms with Crippen LogP contribution in [0.25, 0.3) is 0 Å². The fraction of sp³-hybridized carbons (Fsp3) is 0.333. The molecule has 120 valence electrons. The molecule has 1 fully saturated rings. The van der Waals surface area contributed by atoms with Crippen molar-refractivity contribution in [2.75, 3.05) is 13.1 Å². The largest absolute Gasteiger partial charge is 0.282 e. The van der Waals surface area contributed by atoms with Gasteiger partial charge in [-0.2, -0.15) is 17.0 Å². The van der Waals surface area contributed by atoms with E-state index in [0.717, 1.165) is 24.0 Å². The van der Waals surface area contributed by atoms with Gasteiger partial charge in [0.2, 0.25) is 0 Å². The molecule has 4 rings (SSSR count). The predicted molar refractivity (Wildman–Crippen MR) is 90.0 cm³/mol. The summed E-state index contributed by atoms with van der Waals surface area (Å²) in [6.07, 6.45) is 1.69. The Kier molecular flexibility index (Phi) is 3.71. The second kappa shape index (κ2) is 5.74. The van der Waals surface area contributed by atoms with Crippen molar-refractivity contribution in [3.05, 3.63) is 71.3 Å². The third-order valence-electron chi connectivity index (χ3n) is 4.87. The Morgan fingerprint density at radius 1 is 0.870 bits per heavy atom. The molecule has 5 heteroatoms. The van der Waals surface area contributed by atoms with Crippen molar-refractivity contribution in [3.8, 4) is 0 Å². The second-order valence-electron chi connectivity index (χ2n) is 6.19. The Balaban J connectivity index is 1.57. The molecule has 2 aliphatic heterocycles. The Morgan fingerprint density at radius 3 is 2.26 bits per heavy atom. The van der Waals surface area contributed by atoms with Crippen LogP contribution in [0.4, 0.5) is 0 Å². The summed E-state index contributed by atoms with van der Waals surface area (Å²) in [5.74, 6) is 0. The van der Waals surface area contributed by atoms with Crippen LogP contribution >= 0.6 is 0 Å². The summed E-state index contributed by atoms with van der Waals surface area (Å²) in [5.41, 5.74) is 3.47. The first-order valence-corrected chi connectivity index (χ1v) is 9.44. The maximum Gasteiger partial charge on any atom is 0.282 e. The van der Waals surface area contributed by atoms with E-state index >= 15 is 0 Å². The summed E-state index contributed by atoms with van der Waals surface area (Å²) in [7, 11) is -3.40. The zero-order valence-corrected chi connectivity index (χ0v) is 13.7. The normalized spacial score (nSPS) is 22.3. The highest BCUT2D eigenvalue weighted by Gasteiger charge is 2.42. The molecular weight excluding hydrogens is 308 g/mol. The minimum absolute atomic E-state index is 0.0154. The Labute approximate surface area is 137 Å². The summed E-state index contributed by atoms with van der Waals surface area (Å²) in [5, 5.41) is 0. The van der Waals surface area contributed by atoms with Crippen LogP contribution in [-0.2, 0) is 23.2 Å². The average molecular weight is 328 g/mol. The first kappa shape index (κ1) is 14.9. The molecule has 1 atom stereocenters. The lowest BCUT2D eigenvalue weighted by atomic mass is 9.98. The lowest BCUT2D eigenvalue weighted by molar-refractivity contribution is 0.182. The predicted octanol–water partition coefficient (Wildman–Crippen LogP) is 2.74. The first-order valence-electron chi connectivity index (χ1n) is 8.05. The third-order valence-corrected chi connectivity index (χ3v) is 6.87. The van der Waals surface area contributed by atoms with E-state index in [9.17, 15) is 8.42 Å². The van der Waals surface area contributed by atoms with Crippen molar-refractivity contribution in [1.82, 2.24) is 8.61 Å². The van der Waals surface area contributed by atoms with Gasteiger partial charge in [0, 0.05) is 19.6 Å². The van der Waals surface area contributed by atoms with E-state index in [4.69, 9.17) is 0 Å². The zero-order chi connectivity index (χ0) is 15.9. The average Bonchev–Trinajstić information content (AvgIpc) is 2.54. The standard InChI is InChI=1S/C18H20N2O2S/c21-23(22,19-12-10-15-6-4-5-9-17(15)14-19)20-13-11-18(20)16-7-2-1-3-8-16/h1-9,18H,10-14H2/t18-/m0/s1. The molecule has 2 heterocycles. The van der Waals surface area contributed by atoms with Crippen LogP contribution in [0.5, 0.6) is 0 Å². The van der Waals surface area contributed by atoms with Crippen LogP contribution in [0.15, 0.2) is 54.6 Å². The van der Waals surface area contributed by atoms with Crippen LogP contribution in [0, 0.1) is 0 Å². The summed E-state index contributed by atoms with van der Waals surface area (Å²) in [6.45, 7) is 1.66. The fourth-order valence-corrected chi connectivity index (χ4v) is 5.27. The van der Waals surface area contributed by atoms with Crippen molar-refractivity contribution < 1.29 is 8.42 Å². The molecule has 0 radical (unpaired) electrons. The van der Waals surface area contributed by atoms with Crippen LogP contribution in [0.2, 0.25) is 0 Å². The maximum atomic E-state index is 13.0. The number of fused-ring (bicyclic) bond motifs is 1. The van der Waals surface area contributed by atoms with Gasteiger partial charge in [0.1, 0.15) is 0 Å². The lowest BCUT2D eigenvalue weighted by Crippen LogP contribution is -2.52. The van der Waals surface area contributed by atoms with Gasteiger partial charge in [-0.3, -0.25) is 0 Å². The van der Waals surface area contributed by atoms with Gasteiger partial charge >= 0.3 is 0 Å². The molecule has 0 aliphatic carbocycles. The van der Waals surface area contributed by atoms with Gasteiger partial charge in [-0.25, -0.2) is 0 Å². The minimum Gasteiger partial charge on any atom is -0.195 e. The number of rotatable bonds is 3. The molecular formula is C18H20N2O2S. The highest BCUT2D eigenvalue weighted by molar-refractivity contribution is 7.86. The fourth-order valence-electron chi connectivity index (χ4n) is 3.46. The van der Waals surface area contributed by atoms with Crippen LogP contribution < -0.4 is 0 Å². The zero-order valence-electron chi connectivity index (χ0n) is 12.9. The van der Waals surface area contributed by atoms with Gasteiger partial charge in [-0.05, 0) is 29.5 Å². The van der Waals surface area contributed by atoms with Gasteiger partial charge in [0.25, 0.3) is 10.2 Å². The molecule has 23 heavy (non-hydrogen) atoms. The van der Waals surface area contributed by atoms with Gasteiger partial charge in [0.05, 0.1) is 6.04 Å². The lowest BCUT2D eigenvalue weighted by Gasteiger charge is -2.43. The van der Waals surface area contributed by atoms with E-state index in [-0.39, 0.29) is 6.04 Å². The topological polar surface area (TPSA) is 40.6 Å². The molecule has 0 aromatic heterocycles. The molecule has 2 aromatic carbocycles. The van der Waals surface area contributed by atoms with Crippen LogP contribution in [0.3, 0.4) is 0 Å². The van der Waals surface area contributed by atoms with Crippen molar-refractivity contribution in [2.45, 2.75) is 25.4 Å². The van der Waals surface area contributed by atoms with Crippen LogP contribution in [-0.4, -0.2) is 30.1 Å². The van der Waals surface area contributed by atoms with Gasteiger partial charge in [-0.15, -0.1) is 0 Å². The first-order chi connectivity index (χ1) is 11.2. The van der Waals surface area contributed by atoms with E-state index in [1.54, 1.807) is 8.61 Å². The van der Waals surface area contributed by atoms with Gasteiger partial charge in [0.15, 0.2) is 0 Å². The summed E-state index contributed by atoms with van der Waals surface area (Å²) in [6, 6.07) is 18.0. The van der Waals surface area contributed by atoms with Gasteiger partial charge < -0.3 is 0 Å². The highest BCUT2D eigenvalue weighted by atomic mass is 32.2. The quantitative estimate of drug-likeness (QED) is 0.869. The molecule has 0 saturated carbocycles. The molecule has 4 nitrogen and oxygen atoms in total. The molecule has 2 aromatic rings. The molecule has 2 aliphatic rings. The second-order valence-corrected chi connectivity index (χ2v) is 8.07. The smallest absolute Gasteiger partial charge is 0.195 e. The van der Waals surface area contributed by atoms with E-state index in [0.29, 0.717) is 19.6 Å². The van der Waals surface area contributed by atoms with Gasteiger partial charge in [-0.1, -0.05) is 54.6 Å². The van der Waals surface area contributed by atoms with Crippen molar-refractivity contribution in [1.29, 1.82) is 0 Å². The van der Waals surface area contributed by atoms with E-state index in [2.05, 4.69) is 6.07 Å². The van der Waals surface area contributed by atoms with Crippen molar-refractivity contribution in [3.63, 3.8) is 0 Å². The van der Waals surface area contributed by atoms with E-state index in [1.807, 2.05) is 48.5 Å². The number of hydrogen-bond donors (Lipinski definition) is 0. The third kappa shape index (κ3) is 2.59. The molecule has 1 saturated heterocycles. The number of benzene rings is 2. The van der Waals surface area contributed by atoms with Crippen LogP contribution in [0.1, 0.15) is 29.2 Å². The van der Waals surface area contributed by atoms with Crippen molar-refractivity contribution >= 4 is 10.2 Å². The summed E-state index contributed by atoms with van der Waals surface area (Å²) in [4.78, 5) is 0. The Morgan fingerprint density at radius 2 is 1.57 bits per heavy atom. The molecule has 0 bridgehead atoms. The summed E-state index contributed by atoms with van der Waals surface area (Å²) >= 11 is 0. The highest BCUT2D eigenvalue weighted by Crippen LogP contribution is 2.37. The molecule has 0 N–H and O–H groups in total. The van der Waals surface area contributed by atoms with Crippen molar-refractivity contribution in [2.24, 2.45) is 0 Å². The van der Waals surface area contributed by atoms with E-state index in [1.165, 1.54) is 5.56 Å². The monoisotopic (exact) mass is 328 g/mol. The SMILES string of the molecule is O=S(=O)(N1CCc2ccccc2C1)N1CC[C@H]1c1ccccc1.